The van der Waals surface area contributed by atoms with Crippen LogP contribution in [0.5, 0.6) is 0 Å². The van der Waals surface area contributed by atoms with Crippen molar-refractivity contribution in [3.05, 3.63) is 0 Å². The Labute approximate surface area is 325 Å². The van der Waals surface area contributed by atoms with Gasteiger partial charge in [-0.25, -0.2) is 8.42 Å². The summed E-state index contributed by atoms with van der Waals surface area (Å²) < 4.78 is 35.2. The highest BCUT2D eigenvalue weighted by Crippen LogP contribution is 2.61. The first-order chi connectivity index (χ1) is 25.5. The number of hydrogen-bond acceptors (Lipinski definition) is 10. The molecule has 1 aliphatic heterocycles. The molecule has 7 unspecified atom stereocenters. The average Bonchev–Trinajstić information content (AvgIpc) is 3.50. The molecule has 0 aromatic rings. The van der Waals surface area contributed by atoms with Crippen LogP contribution in [0.1, 0.15) is 111 Å². The lowest BCUT2D eigenvalue weighted by Crippen LogP contribution is -2.62. The van der Waals surface area contributed by atoms with Gasteiger partial charge in [0.05, 0.1) is 24.6 Å². The number of hydroxylamine groups is 2. The van der Waals surface area contributed by atoms with Crippen molar-refractivity contribution < 1.29 is 37.8 Å². The average molecular weight is 781 g/mol. The van der Waals surface area contributed by atoms with Crippen LogP contribution in [0.15, 0.2) is 0 Å². The standard InChI is InChI=1S/C41H72N4O8S/c1-24-33-19-30(41(33,3)4)20-34(24)42-40(49)37-36(25(2)47)35(22-46)53-45(37)21-27-14-11-15-32(38(27)52-7)28-16-29(18-31(17-28)44(5)6)39(48)43-54(50,51)23-26-12-9-8-10-13-26/h24-38,46-47H,8-23H2,1-7H3,(H,42,49)(H,43,48)/t24-,25-,27?,28?,29?,30+,31?,32?,33-,34-,35-,36+,37?,38?/m0/s1. The summed E-state index contributed by atoms with van der Waals surface area (Å²) in [6.07, 6.45) is 10.3. The lowest BCUT2D eigenvalue weighted by molar-refractivity contribution is -0.193. The lowest BCUT2D eigenvalue weighted by atomic mass is 9.45. The van der Waals surface area contributed by atoms with Crippen LogP contribution in [0.2, 0.25) is 0 Å². The third kappa shape index (κ3) is 8.87. The van der Waals surface area contributed by atoms with Crippen molar-refractivity contribution in [1.29, 1.82) is 0 Å². The maximum atomic E-state index is 14.3. The monoisotopic (exact) mass is 781 g/mol. The maximum absolute atomic E-state index is 14.3. The predicted molar refractivity (Wildman–Crippen MR) is 207 cm³/mol. The fraction of sp³-hybridized carbons (Fsp3) is 0.951. The van der Waals surface area contributed by atoms with Gasteiger partial charge in [0.15, 0.2) is 0 Å². The Balaban J connectivity index is 1.15. The number of aliphatic hydroxyl groups excluding tert-OH is 2. The molecule has 0 spiro atoms. The van der Waals surface area contributed by atoms with Crippen LogP contribution in [0.25, 0.3) is 0 Å². The smallest absolute Gasteiger partial charge is 0.240 e. The molecule has 310 valence electrons. The van der Waals surface area contributed by atoms with Gasteiger partial charge in [-0.15, -0.1) is 0 Å². The van der Waals surface area contributed by atoms with Crippen LogP contribution in [0, 0.1) is 58.7 Å². The topological polar surface area (TPSA) is 158 Å². The molecule has 1 heterocycles. The van der Waals surface area contributed by atoms with Crippen molar-refractivity contribution in [3.63, 3.8) is 0 Å². The molecule has 6 aliphatic carbocycles. The van der Waals surface area contributed by atoms with Crippen LogP contribution >= 0.6 is 0 Å². The van der Waals surface area contributed by atoms with Crippen LogP contribution < -0.4 is 10.0 Å². The number of aliphatic hydroxyl groups is 2. The summed E-state index contributed by atoms with van der Waals surface area (Å²) in [4.78, 5) is 36.5. The molecule has 14 atom stereocenters. The second-order valence-corrected chi connectivity index (χ2v) is 21.1. The number of fused-ring (bicyclic) bond motifs is 2. The number of rotatable bonds is 13. The summed E-state index contributed by atoms with van der Waals surface area (Å²) in [6.45, 7) is 8.73. The first-order valence-corrected chi connectivity index (χ1v) is 23.0. The van der Waals surface area contributed by atoms with Crippen LogP contribution in [-0.4, -0.2) is 117 Å². The van der Waals surface area contributed by atoms with Gasteiger partial charge in [0, 0.05) is 43.5 Å². The van der Waals surface area contributed by atoms with Crippen LogP contribution in [0.3, 0.4) is 0 Å². The molecule has 7 aliphatic rings. The van der Waals surface area contributed by atoms with E-state index in [-0.39, 0.29) is 66.0 Å². The Morgan fingerprint density at radius 3 is 2.33 bits per heavy atom. The summed E-state index contributed by atoms with van der Waals surface area (Å²) >= 11 is 0. The van der Waals surface area contributed by atoms with E-state index in [2.05, 4.69) is 35.7 Å². The highest BCUT2D eigenvalue weighted by molar-refractivity contribution is 7.90. The second kappa shape index (κ2) is 17.2. The molecule has 12 nitrogen and oxygen atoms in total. The number of carbonyl (C=O) groups is 2. The minimum atomic E-state index is -3.72. The van der Waals surface area contributed by atoms with E-state index in [9.17, 15) is 28.2 Å². The van der Waals surface area contributed by atoms with Crippen LogP contribution in [0.4, 0.5) is 0 Å². The summed E-state index contributed by atoms with van der Waals surface area (Å²) in [5, 5.41) is 26.5. The summed E-state index contributed by atoms with van der Waals surface area (Å²) in [5.74, 6) is 0.405. The Hall–Kier alpha value is -1.35. The zero-order chi connectivity index (χ0) is 39.1. The highest BCUT2D eigenvalue weighted by atomic mass is 32.2. The highest BCUT2D eigenvalue weighted by Gasteiger charge is 2.58. The second-order valence-electron chi connectivity index (χ2n) is 19.3. The van der Waals surface area contributed by atoms with Gasteiger partial charge in [0.1, 0.15) is 12.1 Å². The van der Waals surface area contributed by atoms with E-state index in [0.717, 1.165) is 64.2 Å². The fourth-order valence-electron chi connectivity index (χ4n) is 12.4. The number of hydrogen-bond donors (Lipinski definition) is 4. The molecule has 0 aromatic heterocycles. The van der Waals surface area contributed by atoms with Gasteiger partial charge in [-0.1, -0.05) is 46.5 Å². The molecule has 2 bridgehead atoms. The van der Waals surface area contributed by atoms with Gasteiger partial charge in [0.25, 0.3) is 0 Å². The molecule has 7 rings (SSSR count). The minimum absolute atomic E-state index is 0.0149. The maximum Gasteiger partial charge on any atom is 0.240 e. The Morgan fingerprint density at radius 2 is 1.72 bits per heavy atom. The molecule has 1 saturated heterocycles. The zero-order valence-electron chi connectivity index (χ0n) is 34.1. The van der Waals surface area contributed by atoms with Gasteiger partial charge >= 0.3 is 0 Å². The summed E-state index contributed by atoms with van der Waals surface area (Å²) in [5.41, 5.74) is 0.293. The molecule has 54 heavy (non-hydrogen) atoms. The van der Waals surface area contributed by atoms with Crippen molar-refractivity contribution in [2.45, 2.75) is 148 Å². The largest absolute Gasteiger partial charge is 0.394 e. The van der Waals surface area contributed by atoms with E-state index in [4.69, 9.17) is 9.57 Å². The Morgan fingerprint density at radius 1 is 1.00 bits per heavy atom. The molecule has 2 amide bonds. The van der Waals surface area contributed by atoms with Gasteiger partial charge in [-0.05, 0) is 120 Å². The number of nitrogens with zero attached hydrogens (tertiary/aromatic N) is 2. The quantitative estimate of drug-likeness (QED) is 0.216. The van der Waals surface area contributed by atoms with Crippen molar-refractivity contribution in [2.24, 2.45) is 58.7 Å². The van der Waals surface area contributed by atoms with Crippen molar-refractivity contribution in [2.75, 3.05) is 40.1 Å². The zero-order valence-corrected chi connectivity index (χ0v) is 34.9. The predicted octanol–water partition coefficient (Wildman–Crippen LogP) is 3.95. The van der Waals surface area contributed by atoms with E-state index < -0.39 is 40.1 Å². The summed E-state index contributed by atoms with van der Waals surface area (Å²) in [6, 6.07) is -0.563. The molecular formula is C41H72N4O8S. The van der Waals surface area contributed by atoms with Gasteiger partial charge in [-0.3, -0.25) is 19.1 Å². The van der Waals surface area contributed by atoms with Gasteiger partial charge in [0.2, 0.25) is 21.8 Å². The molecular weight excluding hydrogens is 709 g/mol. The number of methoxy groups -OCH3 is 1. The molecule has 0 aromatic carbocycles. The molecule has 6 saturated carbocycles. The van der Waals surface area contributed by atoms with E-state index in [0.29, 0.717) is 42.6 Å². The van der Waals surface area contributed by atoms with Crippen LogP contribution in [-0.2, 0) is 29.2 Å². The number of sulfonamides is 1. The number of nitrogens with one attached hydrogen (secondary N) is 2. The van der Waals surface area contributed by atoms with E-state index >= 15 is 0 Å². The number of ether oxygens (including phenoxy) is 1. The van der Waals surface area contributed by atoms with Crippen molar-refractivity contribution in [3.8, 4) is 0 Å². The molecule has 4 N–H and O–H groups in total. The third-order valence-corrected chi connectivity index (χ3v) is 17.0. The number of carbonyl (C=O) groups excluding carboxylic acids is 2. The number of amides is 2. The van der Waals surface area contributed by atoms with E-state index in [1.54, 1.807) is 19.1 Å². The normalized spacial score (nSPS) is 40.9. The first-order valence-electron chi connectivity index (χ1n) is 21.3. The lowest BCUT2D eigenvalue weighted by Gasteiger charge is -2.62. The SMILES string of the molecule is COC1C(CN2O[C@@H](CO)[C@@H]([C@H](C)O)C2C(=O)N[C@H]2C[C@H]3C[C@@H]([C@@H]2C)C3(C)C)CCCC1C1CC(C(=O)NS(=O)(=O)CC2CCCCC2)CC(N(C)C)C1. The van der Waals surface area contributed by atoms with Gasteiger partial charge in [-0.2, -0.15) is 5.06 Å². The fourth-order valence-corrected chi connectivity index (χ4v) is 13.9. The summed E-state index contributed by atoms with van der Waals surface area (Å²) in [7, 11) is 2.08. The van der Waals surface area contributed by atoms with Crippen molar-refractivity contribution >= 4 is 21.8 Å². The molecule has 0 radical (unpaired) electrons. The third-order valence-electron chi connectivity index (χ3n) is 15.6. The molecule has 7 fully saturated rings. The first kappa shape index (κ1) is 42.3. The van der Waals surface area contributed by atoms with E-state index in [1.165, 1.54) is 6.42 Å². The Kier molecular flexibility index (Phi) is 13.5. The van der Waals surface area contributed by atoms with Crippen molar-refractivity contribution in [1.82, 2.24) is 20.0 Å². The van der Waals surface area contributed by atoms with E-state index in [1.807, 2.05) is 14.1 Å². The minimum Gasteiger partial charge on any atom is -0.394 e. The molecule has 13 heteroatoms. The Bertz CT molecular complexity index is 1400. The van der Waals surface area contributed by atoms with Gasteiger partial charge < -0.3 is 25.2 Å².